The molecule has 0 aromatic heterocycles. The molecule has 0 saturated heterocycles. The van der Waals surface area contributed by atoms with Crippen molar-refractivity contribution in [3.8, 4) is 5.75 Å². The van der Waals surface area contributed by atoms with E-state index in [4.69, 9.17) is 16.3 Å². The quantitative estimate of drug-likeness (QED) is 0.690. The SMILES string of the molecule is CCc1ccccc1NC(=O)CCCOc1cc(C)c(Cl)c(C)c1. The first-order valence-corrected chi connectivity index (χ1v) is 8.66. The molecule has 0 radical (unpaired) electrons. The van der Waals surface area contributed by atoms with E-state index >= 15 is 0 Å². The van der Waals surface area contributed by atoms with E-state index in [-0.39, 0.29) is 5.91 Å². The summed E-state index contributed by atoms with van der Waals surface area (Å²) in [5, 5.41) is 3.75. The molecule has 0 heterocycles. The first-order valence-electron chi connectivity index (χ1n) is 8.28. The second kappa shape index (κ2) is 8.74. The molecule has 0 saturated carbocycles. The van der Waals surface area contributed by atoms with Crippen molar-refractivity contribution >= 4 is 23.2 Å². The summed E-state index contributed by atoms with van der Waals surface area (Å²) in [7, 11) is 0. The fourth-order valence-corrected chi connectivity index (χ4v) is 2.68. The Morgan fingerprint density at radius 3 is 2.50 bits per heavy atom. The minimum Gasteiger partial charge on any atom is -0.494 e. The van der Waals surface area contributed by atoms with Crippen molar-refractivity contribution in [1.82, 2.24) is 0 Å². The van der Waals surface area contributed by atoms with Crippen LogP contribution in [-0.2, 0) is 11.2 Å². The second-order valence-corrected chi connectivity index (χ2v) is 6.26. The van der Waals surface area contributed by atoms with E-state index in [0.717, 1.165) is 39.6 Å². The topological polar surface area (TPSA) is 38.3 Å². The fourth-order valence-electron chi connectivity index (χ4n) is 2.58. The van der Waals surface area contributed by atoms with Crippen LogP contribution in [0.25, 0.3) is 0 Å². The molecule has 24 heavy (non-hydrogen) atoms. The summed E-state index contributed by atoms with van der Waals surface area (Å²) in [6, 6.07) is 11.7. The Kier molecular flexibility index (Phi) is 6.68. The molecule has 0 aliphatic heterocycles. The van der Waals surface area contributed by atoms with Crippen LogP contribution in [0.4, 0.5) is 5.69 Å². The monoisotopic (exact) mass is 345 g/mol. The summed E-state index contributed by atoms with van der Waals surface area (Å²) >= 11 is 6.15. The van der Waals surface area contributed by atoms with Gasteiger partial charge in [-0.1, -0.05) is 36.7 Å². The van der Waals surface area contributed by atoms with Gasteiger partial charge in [0.25, 0.3) is 0 Å². The van der Waals surface area contributed by atoms with Crippen molar-refractivity contribution in [3.63, 3.8) is 0 Å². The third-order valence-corrected chi connectivity index (χ3v) is 4.50. The fraction of sp³-hybridized carbons (Fsp3) is 0.350. The number of hydrogen-bond donors (Lipinski definition) is 1. The molecular formula is C20H24ClNO2. The zero-order valence-corrected chi connectivity index (χ0v) is 15.2. The normalized spacial score (nSPS) is 10.5. The molecule has 2 aromatic rings. The number of rotatable bonds is 7. The van der Waals surface area contributed by atoms with Crippen LogP contribution in [0.3, 0.4) is 0 Å². The zero-order valence-electron chi connectivity index (χ0n) is 14.5. The molecule has 1 N–H and O–H groups in total. The van der Waals surface area contributed by atoms with Crippen molar-refractivity contribution < 1.29 is 9.53 Å². The standard InChI is InChI=1S/C20H24ClNO2/c1-4-16-8-5-6-9-18(16)22-19(23)10-7-11-24-17-12-14(2)20(21)15(3)13-17/h5-6,8-9,12-13H,4,7,10-11H2,1-3H3,(H,22,23). The molecule has 128 valence electrons. The number of ether oxygens (including phenoxy) is 1. The Labute approximate surface area is 149 Å². The van der Waals surface area contributed by atoms with Crippen molar-refractivity contribution in [3.05, 3.63) is 58.1 Å². The Hall–Kier alpha value is -2.00. The average Bonchev–Trinajstić information content (AvgIpc) is 2.57. The highest BCUT2D eigenvalue weighted by atomic mass is 35.5. The van der Waals surface area contributed by atoms with Gasteiger partial charge in [0.15, 0.2) is 0 Å². The third-order valence-electron chi connectivity index (χ3n) is 3.90. The lowest BCUT2D eigenvalue weighted by molar-refractivity contribution is -0.116. The number of benzene rings is 2. The van der Waals surface area contributed by atoms with Gasteiger partial charge in [-0.25, -0.2) is 0 Å². The van der Waals surface area contributed by atoms with Gasteiger partial charge in [0.1, 0.15) is 5.75 Å². The van der Waals surface area contributed by atoms with Gasteiger partial charge in [-0.15, -0.1) is 0 Å². The number of hydrogen-bond acceptors (Lipinski definition) is 2. The molecule has 4 heteroatoms. The highest BCUT2D eigenvalue weighted by Gasteiger charge is 2.07. The maximum absolute atomic E-state index is 12.1. The molecule has 0 aliphatic carbocycles. The Morgan fingerprint density at radius 1 is 1.17 bits per heavy atom. The van der Waals surface area contributed by atoms with E-state index in [1.165, 1.54) is 0 Å². The molecule has 0 atom stereocenters. The lowest BCUT2D eigenvalue weighted by Gasteiger charge is -2.11. The minimum atomic E-state index is 0.0166. The van der Waals surface area contributed by atoms with E-state index in [9.17, 15) is 4.79 Å². The van der Waals surface area contributed by atoms with Crippen molar-refractivity contribution in [2.24, 2.45) is 0 Å². The lowest BCUT2D eigenvalue weighted by atomic mass is 10.1. The van der Waals surface area contributed by atoms with E-state index < -0.39 is 0 Å². The van der Waals surface area contributed by atoms with Crippen LogP contribution < -0.4 is 10.1 Å². The van der Waals surface area contributed by atoms with Gasteiger partial charge in [-0.2, -0.15) is 0 Å². The van der Waals surface area contributed by atoms with Gasteiger partial charge in [0.05, 0.1) is 6.61 Å². The number of halogens is 1. The Morgan fingerprint density at radius 2 is 1.83 bits per heavy atom. The summed E-state index contributed by atoms with van der Waals surface area (Å²) in [5.41, 5.74) is 4.05. The predicted octanol–water partition coefficient (Wildman–Crippen LogP) is 5.32. The molecule has 3 nitrogen and oxygen atoms in total. The maximum Gasteiger partial charge on any atom is 0.224 e. The van der Waals surface area contributed by atoms with Gasteiger partial charge in [-0.05, 0) is 61.6 Å². The van der Waals surface area contributed by atoms with Gasteiger partial charge in [-0.3, -0.25) is 4.79 Å². The van der Waals surface area contributed by atoms with E-state index in [2.05, 4.69) is 12.2 Å². The van der Waals surface area contributed by atoms with E-state index in [1.54, 1.807) is 0 Å². The largest absolute Gasteiger partial charge is 0.494 e. The number of nitrogens with one attached hydrogen (secondary N) is 1. The molecule has 2 rings (SSSR count). The molecule has 1 amide bonds. The maximum atomic E-state index is 12.1. The summed E-state index contributed by atoms with van der Waals surface area (Å²) in [6.07, 6.45) is 2.00. The van der Waals surface area contributed by atoms with Crippen LogP contribution in [0, 0.1) is 13.8 Å². The molecule has 0 spiro atoms. The zero-order chi connectivity index (χ0) is 17.5. The number of para-hydroxylation sites is 1. The number of carbonyl (C=O) groups is 1. The number of anilines is 1. The first-order chi connectivity index (χ1) is 11.5. The van der Waals surface area contributed by atoms with Gasteiger partial charge in [0, 0.05) is 17.1 Å². The van der Waals surface area contributed by atoms with Crippen molar-refractivity contribution in [1.29, 1.82) is 0 Å². The van der Waals surface area contributed by atoms with Crippen molar-refractivity contribution in [2.75, 3.05) is 11.9 Å². The van der Waals surface area contributed by atoms with Crippen LogP contribution in [0.5, 0.6) is 5.75 Å². The number of aryl methyl sites for hydroxylation is 3. The van der Waals surface area contributed by atoms with Gasteiger partial charge < -0.3 is 10.1 Å². The molecular weight excluding hydrogens is 322 g/mol. The molecule has 0 fully saturated rings. The smallest absolute Gasteiger partial charge is 0.224 e. The van der Waals surface area contributed by atoms with Crippen LogP contribution in [0.15, 0.2) is 36.4 Å². The van der Waals surface area contributed by atoms with E-state index in [1.807, 2.05) is 50.2 Å². The second-order valence-electron chi connectivity index (χ2n) is 5.88. The van der Waals surface area contributed by atoms with Gasteiger partial charge in [0.2, 0.25) is 5.91 Å². The van der Waals surface area contributed by atoms with Crippen LogP contribution in [0.1, 0.15) is 36.5 Å². The Bertz CT molecular complexity index is 690. The number of amides is 1. The van der Waals surface area contributed by atoms with Crippen molar-refractivity contribution in [2.45, 2.75) is 40.0 Å². The van der Waals surface area contributed by atoms with Crippen LogP contribution in [0.2, 0.25) is 5.02 Å². The summed E-state index contributed by atoms with van der Waals surface area (Å²) < 4.78 is 5.73. The highest BCUT2D eigenvalue weighted by molar-refractivity contribution is 6.32. The minimum absolute atomic E-state index is 0.0166. The molecule has 0 bridgehead atoms. The molecule has 0 unspecified atom stereocenters. The van der Waals surface area contributed by atoms with E-state index in [0.29, 0.717) is 19.4 Å². The summed E-state index contributed by atoms with van der Waals surface area (Å²) in [4.78, 5) is 12.1. The predicted molar refractivity (Wildman–Crippen MR) is 100 cm³/mol. The van der Waals surface area contributed by atoms with Crippen LogP contribution in [-0.4, -0.2) is 12.5 Å². The van der Waals surface area contributed by atoms with Crippen LogP contribution >= 0.6 is 11.6 Å². The molecule has 2 aromatic carbocycles. The average molecular weight is 346 g/mol. The lowest BCUT2D eigenvalue weighted by Crippen LogP contribution is -2.14. The highest BCUT2D eigenvalue weighted by Crippen LogP contribution is 2.26. The Balaban J connectivity index is 1.79. The third kappa shape index (κ3) is 5.00. The van der Waals surface area contributed by atoms with Gasteiger partial charge >= 0.3 is 0 Å². The summed E-state index contributed by atoms with van der Waals surface area (Å²) in [6.45, 7) is 6.50. The summed E-state index contributed by atoms with van der Waals surface area (Å²) in [5.74, 6) is 0.814. The first kappa shape index (κ1) is 18.3. The number of carbonyl (C=O) groups excluding carboxylic acids is 1. The molecule has 0 aliphatic rings.